The van der Waals surface area contributed by atoms with Gasteiger partial charge >= 0.3 is 0 Å². The van der Waals surface area contributed by atoms with E-state index in [4.69, 9.17) is 4.74 Å². The minimum Gasteiger partial charge on any atom is -0.494 e. The Hall–Kier alpha value is -1.22. The summed E-state index contributed by atoms with van der Waals surface area (Å²) in [7, 11) is 2.19. The van der Waals surface area contributed by atoms with Crippen LogP contribution in [0.2, 0.25) is 0 Å². The van der Waals surface area contributed by atoms with Crippen molar-refractivity contribution in [1.82, 2.24) is 4.90 Å². The molecule has 0 atom stereocenters. The van der Waals surface area contributed by atoms with E-state index in [2.05, 4.69) is 42.4 Å². The predicted octanol–water partition coefficient (Wildman–Crippen LogP) is 2.98. The van der Waals surface area contributed by atoms with Gasteiger partial charge in [-0.25, -0.2) is 0 Å². The lowest BCUT2D eigenvalue weighted by Gasteiger charge is -2.30. The van der Waals surface area contributed by atoms with E-state index in [-0.39, 0.29) is 0 Å². The van der Waals surface area contributed by atoms with Gasteiger partial charge in [-0.1, -0.05) is 13.0 Å². The highest BCUT2D eigenvalue weighted by Crippen LogP contribution is 2.20. The van der Waals surface area contributed by atoms with Crippen LogP contribution in [-0.2, 0) is 0 Å². The van der Waals surface area contributed by atoms with Gasteiger partial charge in [0, 0.05) is 17.8 Å². The molecular weight excluding hydrogens is 224 g/mol. The Morgan fingerprint density at radius 3 is 2.83 bits per heavy atom. The lowest BCUT2D eigenvalue weighted by Crippen LogP contribution is -2.36. The molecule has 0 unspecified atom stereocenters. The molecule has 0 aliphatic carbocycles. The van der Waals surface area contributed by atoms with Crippen molar-refractivity contribution >= 4 is 5.69 Å². The Kier molecular flexibility index (Phi) is 4.88. The fourth-order valence-corrected chi connectivity index (χ4v) is 2.28. The molecule has 0 spiro atoms. The van der Waals surface area contributed by atoms with Gasteiger partial charge in [0.05, 0.1) is 6.61 Å². The largest absolute Gasteiger partial charge is 0.494 e. The number of hydrogen-bond acceptors (Lipinski definition) is 3. The monoisotopic (exact) mass is 248 g/mol. The lowest BCUT2D eigenvalue weighted by molar-refractivity contribution is 0.264. The van der Waals surface area contributed by atoms with Gasteiger partial charge in [0.1, 0.15) is 5.75 Å². The van der Waals surface area contributed by atoms with Crippen molar-refractivity contribution in [2.45, 2.75) is 32.2 Å². The average Bonchev–Trinajstić information content (AvgIpc) is 2.40. The summed E-state index contributed by atoms with van der Waals surface area (Å²) in [5.41, 5.74) is 1.18. The normalized spacial score (nSPS) is 17.7. The molecule has 18 heavy (non-hydrogen) atoms. The van der Waals surface area contributed by atoms with Crippen LogP contribution in [0.4, 0.5) is 5.69 Å². The second-order valence-corrected chi connectivity index (χ2v) is 5.10. The zero-order valence-electron chi connectivity index (χ0n) is 11.5. The summed E-state index contributed by atoms with van der Waals surface area (Å²) in [4.78, 5) is 2.39. The highest BCUT2D eigenvalue weighted by molar-refractivity contribution is 5.48. The Balaban J connectivity index is 1.88. The molecule has 0 amide bonds. The van der Waals surface area contributed by atoms with E-state index in [1.807, 2.05) is 6.07 Å². The summed E-state index contributed by atoms with van der Waals surface area (Å²) in [5, 5.41) is 3.61. The van der Waals surface area contributed by atoms with Crippen LogP contribution in [0.5, 0.6) is 5.75 Å². The van der Waals surface area contributed by atoms with E-state index in [0.717, 1.165) is 18.8 Å². The van der Waals surface area contributed by atoms with E-state index in [1.54, 1.807) is 0 Å². The maximum Gasteiger partial charge on any atom is 0.121 e. The van der Waals surface area contributed by atoms with Gasteiger partial charge in [-0.2, -0.15) is 0 Å². The highest BCUT2D eigenvalue weighted by Gasteiger charge is 2.16. The molecule has 100 valence electrons. The molecule has 1 aromatic rings. The molecule has 3 nitrogen and oxygen atoms in total. The standard InChI is InChI=1S/C15H24N2O/c1-3-11-18-15-6-4-5-14(12-15)16-13-7-9-17(2)10-8-13/h4-6,12-13,16H,3,7-11H2,1-2H3. The Morgan fingerprint density at radius 2 is 2.11 bits per heavy atom. The quantitative estimate of drug-likeness (QED) is 0.867. The maximum absolute atomic E-state index is 5.65. The minimum absolute atomic E-state index is 0.600. The van der Waals surface area contributed by atoms with Gasteiger partial charge in [-0.15, -0.1) is 0 Å². The van der Waals surface area contributed by atoms with Crippen molar-refractivity contribution in [2.75, 3.05) is 32.1 Å². The van der Waals surface area contributed by atoms with Gasteiger partial charge in [0.2, 0.25) is 0 Å². The molecule has 2 rings (SSSR count). The van der Waals surface area contributed by atoms with E-state index in [0.29, 0.717) is 6.04 Å². The van der Waals surface area contributed by atoms with Crippen molar-refractivity contribution in [3.05, 3.63) is 24.3 Å². The lowest BCUT2D eigenvalue weighted by atomic mass is 10.1. The van der Waals surface area contributed by atoms with Crippen molar-refractivity contribution in [2.24, 2.45) is 0 Å². The van der Waals surface area contributed by atoms with Crippen molar-refractivity contribution in [3.63, 3.8) is 0 Å². The van der Waals surface area contributed by atoms with Crippen LogP contribution in [0.3, 0.4) is 0 Å². The molecule has 1 fully saturated rings. The zero-order chi connectivity index (χ0) is 12.8. The topological polar surface area (TPSA) is 24.5 Å². The first-order valence-corrected chi connectivity index (χ1v) is 6.96. The van der Waals surface area contributed by atoms with E-state index < -0.39 is 0 Å². The van der Waals surface area contributed by atoms with E-state index >= 15 is 0 Å². The van der Waals surface area contributed by atoms with E-state index in [1.165, 1.54) is 31.6 Å². The highest BCUT2D eigenvalue weighted by atomic mass is 16.5. The predicted molar refractivity (Wildman–Crippen MR) is 76.4 cm³/mol. The third-order valence-corrected chi connectivity index (χ3v) is 3.40. The molecule has 1 N–H and O–H groups in total. The number of benzene rings is 1. The summed E-state index contributed by atoms with van der Waals surface area (Å²) in [5.74, 6) is 0.967. The molecule has 0 aromatic heterocycles. The molecular formula is C15H24N2O. The number of nitrogens with zero attached hydrogens (tertiary/aromatic N) is 1. The molecule has 1 saturated heterocycles. The van der Waals surface area contributed by atoms with Crippen LogP contribution in [0.1, 0.15) is 26.2 Å². The van der Waals surface area contributed by atoms with Crippen LogP contribution < -0.4 is 10.1 Å². The van der Waals surface area contributed by atoms with Crippen LogP contribution in [0, 0.1) is 0 Å². The molecule has 1 aliphatic heterocycles. The molecule has 0 saturated carbocycles. The number of likely N-dealkylation sites (tertiary alicyclic amines) is 1. The summed E-state index contributed by atoms with van der Waals surface area (Å²) in [6.45, 7) is 5.28. The van der Waals surface area contributed by atoms with E-state index in [9.17, 15) is 0 Å². The van der Waals surface area contributed by atoms with Crippen molar-refractivity contribution in [3.8, 4) is 5.75 Å². The third-order valence-electron chi connectivity index (χ3n) is 3.40. The second-order valence-electron chi connectivity index (χ2n) is 5.10. The number of rotatable bonds is 5. The van der Waals surface area contributed by atoms with Crippen LogP contribution in [0.25, 0.3) is 0 Å². The fourth-order valence-electron chi connectivity index (χ4n) is 2.28. The van der Waals surface area contributed by atoms with Crippen LogP contribution in [0.15, 0.2) is 24.3 Å². The first kappa shape index (κ1) is 13.2. The Labute approximate surface area is 110 Å². The summed E-state index contributed by atoms with van der Waals surface area (Å²) in [6, 6.07) is 8.91. The molecule has 3 heteroatoms. The number of ether oxygens (including phenoxy) is 1. The zero-order valence-corrected chi connectivity index (χ0v) is 11.5. The molecule has 1 aliphatic rings. The van der Waals surface area contributed by atoms with Gasteiger partial charge in [0.15, 0.2) is 0 Å². The molecule has 0 radical (unpaired) electrons. The second kappa shape index (κ2) is 6.64. The molecule has 1 heterocycles. The Morgan fingerprint density at radius 1 is 1.33 bits per heavy atom. The van der Waals surface area contributed by atoms with Gasteiger partial charge in [-0.3, -0.25) is 0 Å². The first-order valence-electron chi connectivity index (χ1n) is 6.96. The summed E-state index contributed by atoms with van der Waals surface area (Å²) < 4.78 is 5.65. The fraction of sp³-hybridized carbons (Fsp3) is 0.600. The number of piperidine rings is 1. The minimum atomic E-state index is 0.600. The smallest absolute Gasteiger partial charge is 0.121 e. The van der Waals surface area contributed by atoms with Gasteiger partial charge < -0.3 is 15.0 Å². The maximum atomic E-state index is 5.65. The third kappa shape index (κ3) is 3.91. The summed E-state index contributed by atoms with van der Waals surface area (Å²) >= 11 is 0. The Bertz CT molecular complexity index is 359. The number of anilines is 1. The average molecular weight is 248 g/mol. The van der Waals surface area contributed by atoms with Crippen molar-refractivity contribution < 1.29 is 4.74 Å². The number of nitrogens with one attached hydrogen (secondary N) is 1. The van der Waals surface area contributed by atoms with Gasteiger partial charge in [0.25, 0.3) is 0 Å². The van der Waals surface area contributed by atoms with Crippen LogP contribution in [-0.4, -0.2) is 37.7 Å². The van der Waals surface area contributed by atoms with Gasteiger partial charge in [-0.05, 0) is 51.5 Å². The summed E-state index contributed by atoms with van der Waals surface area (Å²) in [6.07, 6.45) is 3.49. The molecule has 0 bridgehead atoms. The van der Waals surface area contributed by atoms with Crippen molar-refractivity contribution in [1.29, 1.82) is 0 Å². The van der Waals surface area contributed by atoms with Crippen LogP contribution >= 0.6 is 0 Å². The molecule has 1 aromatic carbocycles. The number of hydrogen-bond donors (Lipinski definition) is 1. The first-order chi connectivity index (χ1) is 8.78. The SMILES string of the molecule is CCCOc1cccc(NC2CCN(C)CC2)c1.